The van der Waals surface area contributed by atoms with Crippen LogP contribution in [0.15, 0.2) is 47.3 Å². The third kappa shape index (κ3) is 2.36. The van der Waals surface area contributed by atoms with Crippen molar-refractivity contribution in [2.75, 3.05) is 18.0 Å². The van der Waals surface area contributed by atoms with Crippen LogP contribution in [0.25, 0.3) is 22.1 Å². The van der Waals surface area contributed by atoms with Gasteiger partial charge in [-0.15, -0.1) is 0 Å². The van der Waals surface area contributed by atoms with Gasteiger partial charge in [0, 0.05) is 26.3 Å². The van der Waals surface area contributed by atoms with E-state index in [-0.39, 0.29) is 5.92 Å². The lowest BCUT2D eigenvalue weighted by atomic mass is 9.98. The molecule has 0 spiro atoms. The average Bonchev–Trinajstić information content (AvgIpc) is 3.26. The quantitative estimate of drug-likeness (QED) is 0.562. The van der Waals surface area contributed by atoms with E-state index in [1.165, 1.54) is 0 Å². The van der Waals surface area contributed by atoms with E-state index >= 15 is 0 Å². The van der Waals surface area contributed by atoms with Crippen LogP contribution in [-0.4, -0.2) is 32.6 Å². The predicted octanol–water partition coefficient (Wildman–Crippen LogP) is 3.49. The van der Waals surface area contributed by atoms with Gasteiger partial charge in [-0.3, -0.25) is 0 Å². The Kier molecular flexibility index (Phi) is 3.23. The minimum atomic E-state index is 0.287. The number of benzene rings is 1. The summed E-state index contributed by atoms with van der Waals surface area (Å²) in [5, 5.41) is 1.10. The van der Waals surface area contributed by atoms with Gasteiger partial charge in [-0.25, -0.2) is 15.0 Å². The van der Waals surface area contributed by atoms with Crippen LogP contribution in [0, 0.1) is 0 Å². The van der Waals surface area contributed by atoms with E-state index in [0.717, 1.165) is 59.8 Å². The second kappa shape index (κ2) is 5.58. The van der Waals surface area contributed by atoms with Gasteiger partial charge in [0.2, 0.25) is 0 Å². The molecule has 4 heterocycles. The second-order valence-electron chi connectivity index (χ2n) is 6.67. The lowest BCUT2D eigenvalue weighted by Crippen LogP contribution is -2.35. The largest absolute Gasteiger partial charge is 0.440 e. The minimum Gasteiger partial charge on any atom is -0.440 e. The summed E-state index contributed by atoms with van der Waals surface area (Å²) in [7, 11) is 2.01. The topological polar surface area (TPSA) is 60.0 Å². The number of aryl methyl sites for hydroxylation is 1. The Morgan fingerprint density at radius 1 is 1.16 bits per heavy atom. The molecule has 3 aromatic heterocycles. The Labute approximate surface area is 145 Å². The summed E-state index contributed by atoms with van der Waals surface area (Å²) in [5.74, 6) is 2.13. The van der Waals surface area contributed by atoms with Crippen molar-refractivity contribution in [1.82, 2.24) is 19.5 Å². The third-order valence-corrected chi connectivity index (χ3v) is 5.02. The van der Waals surface area contributed by atoms with Crippen molar-refractivity contribution in [3.8, 4) is 0 Å². The van der Waals surface area contributed by atoms with E-state index < -0.39 is 0 Å². The number of rotatable bonds is 2. The normalized spacial score (nSPS) is 18.3. The number of para-hydroxylation sites is 2. The summed E-state index contributed by atoms with van der Waals surface area (Å²) >= 11 is 0. The highest BCUT2D eigenvalue weighted by Gasteiger charge is 2.27. The molecule has 126 valence electrons. The highest BCUT2D eigenvalue weighted by molar-refractivity contribution is 5.87. The lowest BCUT2D eigenvalue weighted by molar-refractivity contribution is 0.412. The first kappa shape index (κ1) is 14.5. The fourth-order valence-corrected chi connectivity index (χ4v) is 3.75. The zero-order valence-electron chi connectivity index (χ0n) is 14.1. The van der Waals surface area contributed by atoms with Gasteiger partial charge in [-0.2, -0.15) is 0 Å². The maximum atomic E-state index is 6.01. The summed E-state index contributed by atoms with van der Waals surface area (Å²) in [6.07, 6.45) is 5.87. The molecule has 1 fully saturated rings. The summed E-state index contributed by atoms with van der Waals surface area (Å²) in [4.78, 5) is 16.0. The Balaban J connectivity index is 1.49. The van der Waals surface area contributed by atoms with Crippen LogP contribution in [0.3, 0.4) is 0 Å². The Bertz CT molecular complexity index is 1020. The zero-order valence-corrected chi connectivity index (χ0v) is 14.1. The average molecular weight is 333 g/mol. The molecule has 4 aromatic rings. The number of anilines is 1. The molecule has 5 rings (SSSR count). The van der Waals surface area contributed by atoms with Crippen molar-refractivity contribution in [3.05, 3.63) is 48.7 Å². The summed E-state index contributed by atoms with van der Waals surface area (Å²) in [6, 6.07) is 10.0. The highest BCUT2D eigenvalue weighted by Crippen LogP contribution is 2.33. The van der Waals surface area contributed by atoms with Gasteiger partial charge in [0.15, 0.2) is 11.5 Å². The van der Waals surface area contributed by atoms with Crippen molar-refractivity contribution in [2.45, 2.75) is 18.8 Å². The Morgan fingerprint density at radius 3 is 3.00 bits per heavy atom. The van der Waals surface area contributed by atoms with Crippen molar-refractivity contribution < 1.29 is 4.42 Å². The van der Waals surface area contributed by atoms with Crippen LogP contribution in [0.2, 0.25) is 0 Å². The van der Waals surface area contributed by atoms with Gasteiger partial charge >= 0.3 is 0 Å². The van der Waals surface area contributed by atoms with Gasteiger partial charge in [-0.05, 0) is 31.0 Å². The first-order valence-corrected chi connectivity index (χ1v) is 8.66. The Hall–Kier alpha value is -2.89. The monoisotopic (exact) mass is 333 g/mol. The van der Waals surface area contributed by atoms with Crippen LogP contribution in [0.1, 0.15) is 24.7 Å². The Morgan fingerprint density at radius 2 is 2.08 bits per heavy atom. The number of nitrogens with zero attached hydrogens (tertiary/aromatic N) is 5. The van der Waals surface area contributed by atoms with Crippen LogP contribution in [0.4, 0.5) is 5.82 Å². The van der Waals surface area contributed by atoms with E-state index in [4.69, 9.17) is 9.40 Å². The van der Waals surface area contributed by atoms with E-state index in [2.05, 4.69) is 20.9 Å². The predicted molar refractivity (Wildman–Crippen MR) is 96.7 cm³/mol. The number of hydrogen-bond donors (Lipinski definition) is 0. The number of piperidine rings is 1. The first-order valence-electron chi connectivity index (χ1n) is 8.66. The molecule has 1 aliphatic heterocycles. The van der Waals surface area contributed by atoms with Crippen molar-refractivity contribution >= 4 is 28.0 Å². The highest BCUT2D eigenvalue weighted by atomic mass is 16.3. The molecule has 25 heavy (non-hydrogen) atoms. The molecule has 0 bridgehead atoms. The van der Waals surface area contributed by atoms with Crippen molar-refractivity contribution in [2.24, 2.45) is 7.05 Å². The summed E-state index contributed by atoms with van der Waals surface area (Å²) < 4.78 is 8.04. The van der Waals surface area contributed by atoms with E-state index in [1.807, 2.05) is 42.1 Å². The van der Waals surface area contributed by atoms with Gasteiger partial charge in [0.1, 0.15) is 23.3 Å². The summed E-state index contributed by atoms with van der Waals surface area (Å²) in [5.41, 5.74) is 2.76. The van der Waals surface area contributed by atoms with Gasteiger partial charge < -0.3 is 13.9 Å². The third-order valence-electron chi connectivity index (χ3n) is 5.02. The molecule has 0 radical (unpaired) electrons. The standard InChI is InChI=1S/C19H19N5O/c1-23-10-8-14-17(23)20-12-21-18(14)24-9-4-5-13(11-24)19-22-15-6-2-3-7-16(15)25-19/h2-3,6-8,10,12-13H,4-5,9,11H2,1H3. The van der Waals surface area contributed by atoms with E-state index in [0.29, 0.717) is 0 Å². The van der Waals surface area contributed by atoms with Gasteiger partial charge in [-0.1, -0.05) is 12.1 Å². The maximum absolute atomic E-state index is 6.01. The molecule has 1 saturated heterocycles. The van der Waals surface area contributed by atoms with E-state index in [9.17, 15) is 0 Å². The van der Waals surface area contributed by atoms with Crippen LogP contribution >= 0.6 is 0 Å². The number of aromatic nitrogens is 4. The molecule has 1 aromatic carbocycles. The van der Waals surface area contributed by atoms with Crippen LogP contribution in [0.5, 0.6) is 0 Å². The molecular formula is C19H19N5O. The molecule has 0 aliphatic carbocycles. The van der Waals surface area contributed by atoms with E-state index in [1.54, 1.807) is 6.33 Å². The van der Waals surface area contributed by atoms with Crippen molar-refractivity contribution in [1.29, 1.82) is 0 Å². The second-order valence-corrected chi connectivity index (χ2v) is 6.67. The van der Waals surface area contributed by atoms with Crippen LogP contribution in [-0.2, 0) is 7.05 Å². The van der Waals surface area contributed by atoms with Gasteiger partial charge in [0.05, 0.1) is 11.3 Å². The molecule has 1 atom stereocenters. The smallest absolute Gasteiger partial charge is 0.200 e. The molecule has 1 unspecified atom stereocenters. The minimum absolute atomic E-state index is 0.287. The SMILES string of the molecule is Cn1ccc2c(N3CCCC(c4nc5ccccc5o4)C3)ncnc21. The van der Waals surface area contributed by atoms with Gasteiger partial charge in [0.25, 0.3) is 0 Å². The first-order chi connectivity index (χ1) is 12.3. The van der Waals surface area contributed by atoms with Crippen LogP contribution < -0.4 is 4.90 Å². The number of fused-ring (bicyclic) bond motifs is 2. The molecular weight excluding hydrogens is 314 g/mol. The molecule has 0 saturated carbocycles. The maximum Gasteiger partial charge on any atom is 0.200 e. The lowest BCUT2D eigenvalue weighted by Gasteiger charge is -2.32. The molecule has 0 amide bonds. The molecule has 0 N–H and O–H groups in total. The number of hydrogen-bond acceptors (Lipinski definition) is 5. The number of oxazole rings is 1. The molecule has 1 aliphatic rings. The fraction of sp³-hybridized carbons (Fsp3) is 0.316. The molecule has 6 heteroatoms. The zero-order chi connectivity index (χ0) is 16.8. The van der Waals surface area contributed by atoms with Crippen molar-refractivity contribution in [3.63, 3.8) is 0 Å². The fourth-order valence-electron chi connectivity index (χ4n) is 3.75. The molecule has 6 nitrogen and oxygen atoms in total. The summed E-state index contributed by atoms with van der Waals surface area (Å²) in [6.45, 7) is 1.87.